The van der Waals surface area contributed by atoms with E-state index in [0.717, 1.165) is 56.3 Å². The zero-order chi connectivity index (χ0) is 27.1. The van der Waals surface area contributed by atoms with E-state index in [1.807, 2.05) is 10.9 Å². The number of allylic oxidation sites excluding steroid dienone is 2. The Morgan fingerprint density at radius 1 is 0.921 bits per heavy atom. The summed E-state index contributed by atoms with van der Waals surface area (Å²) < 4.78 is 1.82. The van der Waals surface area contributed by atoms with Crippen molar-refractivity contribution in [2.24, 2.45) is 0 Å². The fourth-order valence-corrected chi connectivity index (χ4v) is 4.62. The number of rotatable bonds is 24. The number of unbranched alkanes of at least 4 members (excludes halogenated alkanes) is 13. The van der Waals surface area contributed by atoms with Crippen LogP contribution in [0.4, 0.5) is 5.95 Å². The van der Waals surface area contributed by atoms with Gasteiger partial charge in [-0.1, -0.05) is 82.1 Å². The molecular weight excluding hydrogens is 474 g/mol. The molecule has 8 nitrogen and oxygen atoms in total. The molecule has 0 saturated heterocycles. The Balaban J connectivity index is 1.36. The van der Waals surface area contributed by atoms with Gasteiger partial charge in [0, 0.05) is 24.9 Å². The average Bonchev–Trinajstić information content (AvgIpc) is 3.54. The van der Waals surface area contributed by atoms with Crippen LogP contribution in [0.25, 0.3) is 0 Å². The Kier molecular flexibility index (Phi) is 17.7. The molecule has 0 atom stereocenters. The number of nitrogen functional groups attached to an aromatic ring is 1. The number of aromatic amines is 1. The van der Waals surface area contributed by atoms with Crippen LogP contribution in [0.15, 0.2) is 24.5 Å². The average molecular weight is 528 g/mol. The highest BCUT2D eigenvalue weighted by Crippen LogP contribution is 2.10. The molecule has 2 aromatic heterocycles. The molecule has 0 radical (unpaired) electrons. The van der Waals surface area contributed by atoms with Crippen molar-refractivity contribution in [3.63, 3.8) is 0 Å². The highest BCUT2D eigenvalue weighted by Gasteiger charge is 2.04. The molecule has 0 aliphatic heterocycles. The minimum atomic E-state index is 0.141. The minimum absolute atomic E-state index is 0.141. The number of nitrogens with one attached hydrogen (secondary N) is 2. The van der Waals surface area contributed by atoms with Gasteiger partial charge in [-0.25, -0.2) is 4.98 Å². The SMILES string of the molecule is CCCCCCCC/C=C/CCCCCCCC(=O)NCCn1cc(CCCCCc2cnc(N)[nH]2)nn1. The first-order chi connectivity index (χ1) is 18.7. The predicted molar refractivity (Wildman–Crippen MR) is 157 cm³/mol. The fourth-order valence-electron chi connectivity index (χ4n) is 4.62. The number of amides is 1. The smallest absolute Gasteiger partial charge is 0.220 e. The number of H-pyrrole nitrogens is 1. The van der Waals surface area contributed by atoms with Gasteiger partial charge in [-0.15, -0.1) is 5.10 Å². The van der Waals surface area contributed by atoms with Crippen molar-refractivity contribution >= 4 is 11.9 Å². The number of aryl methyl sites for hydroxylation is 2. The van der Waals surface area contributed by atoms with Gasteiger partial charge >= 0.3 is 0 Å². The third-order valence-corrected chi connectivity index (χ3v) is 6.94. The van der Waals surface area contributed by atoms with Crippen LogP contribution < -0.4 is 11.1 Å². The third kappa shape index (κ3) is 16.3. The second kappa shape index (κ2) is 21.3. The molecule has 8 heteroatoms. The summed E-state index contributed by atoms with van der Waals surface area (Å²) in [5.41, 5.74) is 7.70. The maximum atomic E-state index is 12.1. The van der Waals surface area contributed by atoms with E-state index in [-0.39, 0.29) is 5.91 Å². The van der Waals surface area contributed by atoms with E-state index in [1.165, 1.54) is 70.6 Å². The van der Waals surface area contributed by atoms with Crippen molar-refractivity contribution in [2.75, 3.05) is 12.3 Å². The van der Waals surface area contributed by atoms with Crippen LogP contribution in [0.2, 0.25) is 0 Å². The standard InChI is InChI=1S/C30H53N7O/c1-2-3-4-5-6-7-8-9-10-11-12-13-14-15-19-22-29(38)32-23-24-37-26-28(35-36-37)21-18-16-17-20-27-25-33-30(31)34-27/h9-10,25-26H,2-8,11-24H2,1H3,(H,32,38)(H3,31,33,34)/b10-9+. The molecule has 2 aromatic rings. The lowest BCUT2D eigenvalue weighted by Gasteiger charge is -2.05. The Bertz CT molecular complexity index is 874. The second-order valence-corrected chi connectivity index (χ2v) is 10.5. The maximum absolute atomic E-state index is 12.1. The maximum Gasteiger partial charge on any atom is 0.220 e. The zero-order valence-corrected chi connectivity index (χ0v) is 23.9. The molecule has 0 aliphatic carbocycles. The molecule has 2 rings (SSSR count). The van der Waals surface area contributed by atoms with Crippen molar-refractivity contribution < 1.29 is 4.79 Å². The van der Waals surface area contributed by atoms with Crippen LogP contribution in [0.5, 0.6) is 0 Å². The molecule has 0 aromatic carbocycles. The zero-order valence-electron chi connectivity index (χ0n) is 23.9. The summed E-state index contributed by atoms with van der Waals surface area (Å²) in [6, 6.07) is 0. The van der Waals surface area contributed by atoms with Crippen molar-refractivity contribution in [3.8, 4) is 0 Å². The number of nitrogens with two attached hydrogens (primary N) is 1. The first-order valence-corrected chi connectivity index (χ1v) is 15.3. The highest BCUT2D eigenvalue weighted by atomic mass is 16.1. The topological polar surface area (TPSA) is 115 Å². The first-order valence-electron chi connectivity index (χ1n) is 15.3. The number of aromatic nitrogens is 5. The van der Waals surface area contributed by atoms with E-state index in [4.69, 9.17) is 5.73 Å². The van der Waals surface area contributed by atoms with Crippen LogP contribution in [0.3, 0.4) is 0 Å². The molecule has 214 valence electrons. The Morgan fingerprint density at radius 3 is 2.29 bits per heavy atom. The lowest BCUT2D eigenvalue weighted by atomic mass is 10.1. The van der Waals surface area contributed by atoms with E-state index >= 15 is 0 Å². The van der Waals surface area contributed by atoms with Gasteiger partial charge < -0.3 is 16.0 Å². The molecule has 1 amide bonds. The van der Waals surface area contributed by atoms with Crippen LogP contribution in [-0.2, 0) is 24.2 Å². The largest absolute Gasteiger partial charge is 0.369 e. The molecular formula is C30H53N7O. The van der Waals surface area contributed by atoms with Gasteiger partial charge in [0.2, 0.25) is 5.91 Å². The van der Waals surface area contributed by atoms with Gasteiger partial charge in [0.25, 0.3) is 0 Å². The number of anilines is 1. The predicted octanol–water partition coefficient (Wildman–Crippen LogP) is 6.69. The van der Waals surface area contributed by atoms with E-state index in [2.05, 4.69) is 44.7 Å². The van der Waals surface area contributed by atoms with Gasteiger partial charge in [-0.2, -0.15) is 0 Å². The van der Waals surface area contributed by atoms with Crippen molar-refractivity contribution in [3.05, 3.63) is 35.9 Å². The van der Waals surface area contributed by atoms with Crippen molar-refractivity contribution in [1.82, 2.24) is 30.3 Å². The molecule has 38 heavy (non-hydrogen) atoms. The van der Waals surface area contributed by atoms with Gasteiger partial charge in [-0.05, 0) is 57.8 Å². The lowest BCUT2D eigenvalue weighted by Crippen LogP contribution is -2.27. The van der Waals surface area contributed by atoms with Crippen LogP contribution in [0, 0.1) is 0 Å². The van der Waals surface area contributed by atoms with Crippen LogP contribution >= 0.6 is 0 Å². The summed E-state index contributed by atoms with van der Waals surface area (Å²) in [5.74, 6) is 0.623. The molecule has 0 aliphatic rings. The normalized spacial score (nSPS) is 11.5. The van der Waals surface area contributed by atoms with E-state index in [0.29, 0.717) is 25.5 Å². The molecule has 0 bridgehead atoms. The monoisotopic (exact) mass is 527 g/mol. The van der Waals surface area contributed by atoms with Gasteiger partial charge in [0.05, 0.1) is 18.4 Å². The summed E-state index contributed by atoms with van der Waals surface area (Å²) in [7, 11) is 0. The lowest BCUT2D eigenvalue weighted by molar-refractivity contribution is -0.121. The van der Waals surface area contributed by atoms with Gasteiger partial charge in [-0.3, -0.25) is 9.48 Å². The van der Waals surface area contributed by atoms with Crippen molar-refractivity contribution in [1.29, 1.82) is 0 Å². The molecule has 4 N–H and O–H groups in total. The number of hydrogen-bond acceptors (Lipinski definition) is 5. The van der Waals surface area contributed by atoms with Crippen LogP contribution in [0.1, 0.15) is 127 Å². The number of carbonyl (C=O) groups excluding carboxylic acids is 1. The molecule has 0 saturated carbocycles. The number of imidazole rings is 1. The van der Waals surface area contributed by atoms with Crippen molar-refractivity contribution in [2.45, 2.75) is 135 Å². The Hall–Kier alpha value is -2.64. The summed E-state index contributed by atoms with van der Waals surface area (Å²) in [4.78, 5) is 19.2. The quantitative estimate of drug-likeness (QED) is 0.104. The highest BCUT2D eigenvalue weighted by molar-refractivity contribution is 5.75. The van der Waals surface area contributed by atoms with E-state index in [1.54, 1.807) is 6.20 Å². The fraction of sp³-hybridized carbons (Fsp3) is 0.733. The first kappa shape index (κ1) is 31.6. The molecule has 0 spiro atoms. The van der Waals surface area contributed by atoms with E-state index in [9.17, 15) is 4.79 Å². The summed E-state index contributed by atoms with van der Waals surface area (Å²) in [5, 5.41) is 11.5. The Morgan fingerprint density at radius 2 is 1.58 bits per heavy atom. The molecule has 0 fully saturated rings. The van der Waals surface area contributed by atoms with E-state index < -0.39 is 0 Å². The van der Waals surface area contributed by atoms with Crippen LogP contribution in [-0.4, -0.2) is 37.4 Å². The Labute approximate surface area is 230 Å². The number of nitrogens with zero attached hydrogens (tertiary/aromatic N) is 4. The summed E-state index contributed by atoms with van der Waals surface area (Å²) >= 11 is 0. The minimum Gasteiger partial charge on any atom is -0.369 e. The molecule has 0 unspecified atom stereocenters. The third-order valence-electron chi connectivity index (χ3n) is 6.94. The molecule has 2 heterocycles. The number of hydrogen-bond donors (Lipinski definition) is 3. The second-order valence-electron chi connectivity index (χ2n) is 10.5. The van der Waals surface area contributed by atoms with Gasteiger partial charge in [0.1, 0.15) is 0 Å². The van der Waals surface area contributed by atoms with Gasteiger partial charge in [0.15, 0.2) is 5.95 Å². The summed E-state index contributed by atoms with van der Waals surface area (Å²) in [6.07, 6.45) is 30.9. The summed E-state index contributed by atoms with van der Waals surface area (Å²) in [6.45, 7) is 3.53. The number of carbonyl (C=O) groups is 1.